The van der Waals surface area contributed by atoms with Crippen LogP contribution in [0.1, 0.15) is 32.3 Å². The highest BCUT2D eigenvalue weighted by molar-refractivity contribution is 5.65. The maximum absolute atomic E-state index is 10.8. The molecule has 5 nitrogen and oxygen atoms in total. The molecule has 0 aliphatic heterocycles. The monoisotopic (exact) mass is 240 g/mol. The summed E-state index contributed by atoms with van der Waals surface area (Å²) in [5, 5.41) is 0. The van der Waals surface area contributed by atoms with Crippen LogP contribution in [-0.4, -0.2) is 11.7 Å². The van der Waals surface area contributed by atoms with Gasteiger partial charge in [0.1, 0.15) is 17.1 Å². The van der Waals surface area contributed by atoms with E-state index in [-0.39, 0.29) is 5.92 Å². The minimum absolute atomic E-state index is 0.0896. The van der Waals surface area contributed by atoms with Crippen molar-refractivity contribution in [2.24, 2.45) is 17.4 Å². The van der Waals surface area contributed by atoms with Crippen molar-refractivity contribution in [1.29, 1.82) is 0 Å². The zero-order chi connectivity index (χ0) is 13.1. The lowest BCUT2D eigenvalue weighted by molar-refractivity contribution is 0.00322. The summed E-state index contributed by atoms with van der Waals surface area (Å²) >= 11 is 0. The SMILES string of the molecule is CC(Cc1ccc(CN)o1)C(C)(C)OC(N)=O. The number of rotatable bonds is 5. The molecule has 0 aliphatic carbocycles. The van der Waals surface area contributed by atoms with Gasteiger partial charge >= 0.3 is 6.09 Å². The van der Waals surface area contributed by atoms with E-state index in [0.717, 1.165) is 11.5 Å². The van der Waals surface area contributed by atoms with Gasteiger partial charge in [-0.2, -0.15) is 0 Å². The summed E-state index contributed by atoms with van der Waals surface area (Å²) in [6.45, 7) is 6.02. The molecular weight excluding hydrogens is 220 g/mol. The van der Waals surface area contributed by atoms with Gasteiger partial charge in [0.05, 0.1) is 6.54 Å². The number of nitrogens with two attached hydrogens (primary N) is 2. The summed E-state index contributed by atoms with van der Waals surface area (Å²) in [7, 11) is 0. The van der Waals surface area contributed by atoms with Crippen LogP contribution in [-0.2, 0) is 17.7 Å². The van der Waals surface area contributed by atoms with E-state index in [4.69, 9.17) is 20.6 Å². The predicted molar refractivity (Wildman–Crippen MR) is 64.2 cm³/mol. The van der Waals surface area contributed by atoms with Gasteiger partial charge in [-0.05, 0) is 26.0 Å². The summed E-state index contributed by atoms with van der Waals surface area (Å²) in [6.07, 6.45) is -0.0933. The van der Waals surface area contributed by atoms with E-state index in [9.17, 15) is 4.79 Å². The van der Waals surface area contributed by atoms with Crippen LogP contribution < -0.4 is 11.5 Å². The zero-order valence-corrected chi connectivity index (χ0v) is 10.5. The van der Waals surface area contributed by atoms with Gasteiger partial charge in [-0.3, -0.25) is 0 Å². The van der Waals surface area contributed by atoms with Gasteiger partial charge in [0, 0.05) is 12.3 Å². The van der Waals surface area contributed by atoms with E-state index in [2.05, 4.69) is 0 Å². The Hall–Kier alpha value is -1.49. The Morgan fingerprint density at radius 3 is 2.53 bits per heavy atom. The molecule has 0 radical (unpaired) electrons. The Bertz CT molecular complexity index is 385. The molecule has 0 aliphatic rings. The molecule has 1 unspecified atom stereocenters. The maximum Gasteiger partial charge on any atom is 0.405 e. The van der Waals surface area contributed by atoms with E-state index in [1.807, 2.05) is 32.9 Å². The highest BCUT2D eigenvalue weighted by Gasteiger charge is 2.30. The Balaban J connectivity index is 2.64. The number of carbonyl (C=O) groups excluding carboxylic acids is 1. The molecule has 0 saturated heterocycles. The van der Waals surface area contributed by atoms with Crippen molar-refractivity contribution in [1.82, 2.24) is 0 Å². The first-order valence-corrected chi connectivity index (χ1v) is 5.61. The number of amides is 1. The van der Waals surface area contributed by atoms with Crippen LogP contribution in [0.25, 0.3) is 0 Å². The largest absolute Gasteiger partial charge is 0.465 e. The van der Waals surface area contributed by atoms with Crippen LogP contribution in [0.4, 0.5) is 4.79 Å². The molecule has 1 aromatic rings. The van der Waals surface area contributed by atoms with Crippen molar-refractivity contribution in [3.05, 3.63) is 23.7 Å². The summed E-state index contributed by atoms with van der Waals surface area (Å²) < 4.78 is 10.6. The van der Waals surface area contributed by atoms with E-state index in [1.165, 1.54) is 0 Å². The lowest BCUT2D eigenvalue weighted by Crippen LogP contribution is -2.38. The number of ether oxygens (including phenoxy) is 1. The fourth-order valence-electron chi connectivity index (χ4n) is 1.55. The first kappa shape index (κ1) is 13.6. The average Bonchev–Trinajstić information content (AvgIpc) is 2.63. The minimum atomic E-state index is -0.760. The zero-order valence-electron chi connectivity index (χ0n) is 10.5. The van der Waals surface area contributed by atoms with Gasteiger partial charge < -0.3 is 20.6 Å². The number of carbonyl (C=O) groups is 1. The highest BCUT2D eigenvalue weighted by atomic mass is 16.6. The van der Waals surface area contributed by atoms with Gasteiger partial charge in [0.15, 0.2) is 0 Å². The Morgan fingerprint density at radius 1 is 1.47 bits per heavy atom. The van der Waals surface area contributed by atoms with Gasteiger partial charge in [0.2, 0.25) is 0 Å². The van der Waals surface area contributed by atoms with Crippen molar-refractivity contribution in [2.45, 2.75) is 39.3 Å². The average molecular weight is 240 g/mol. The second-order valence-electron chi connectivity index (χ2n) is 4.70. The van der Waals surface area contributed by atoms with E-state index in [0.29, 0.717) is 13.0 Å². The van der Waals surface area contributed by atoms with Crippen LogP contribution in [0.15, 0.2) is 16.5 Å². The molecule has 1 rings (SSSR count). The van der Waals surface area contributed by atoms with Crippen molar-refractivity contribution >= 4 is 6.09 Å². The molecule has 0 saturated carbocycles. The summed E-state index contributed by atoms with van der Waals surface area (Å²) in [4.78, 5) is 10.8. The molecule has 5 heteroatoms. The summed E-state index contributed by atoms with van der Waals surface area (Å²) in [5.74, 6) is 1.67. The number of hydrogen-bond acceptors (Lipinski definition) is 4. The first-order chi connectivity index (χ1) is 7.85. The van der Waals surface area contributed by atoms with Crippen LogP contribution >= 0.6 is 0 Å². The molecule has 4 N–H and O–H groups in total. The normalized spacial score (nSPS) is 13.4. The lowest BCUT2D eigenvalue weighted by atomic mass is 9.89. The number of hydrogen-bond donors (Lipinski definition) is 2. The Morgan fingerprint density at radius 2 is 2.06 bits per heavy atom. The van der Waals surface area contributed by atoms with Crippen molar-refractivity contribution in [3.8, 4) is 0 Å². The van der Waals surface area contributed by atoms with Gasteiger partial charge in [0.25, 0.3) is 0 Å². The molecule has 17 heavy (non-hydrogen) atoms. The van der Waals surface area contributed by atoms with E-state index in [1.54, 1.807) is 0 Å². The third-order valence-corrected chi connectivity index (χ3v) is 2.98. The molecule has 0 bridgehead atoms. The van der Waals surface area contributed by atoms with Gasteiger partial charge in [-0.25, -0.2) is 4.79 Å². The number of furan rings is 1. The van der Waals surface area contributed by atoms with Crippen LogP contribution in [0.5, 0.6) is 0 Å². The Kier molecular flexibility index (Phi) is 4.17. The van der Waals surface area contributed by atoms with Crippen LogP contribution in [0, 0.1) is 5.92 Å². The lowest BCUT2D eigenvalue weighted by Gasteiger charge is -2.30. The third kappa shape index (κ3) is 3.78. The minimum Gasteiger partial charge on any atom is -0.465 e. The van der Waals surface area contributed by atoms with Gasteiger partial charge in [-0.15, -0.1) is 0 Å². The van der Waals surface area contributed by atoms with Gasteiger partial charge in [-0.1, -0.05) is 6.92 Å². The molecule has 1 amide bonds. The van der Waals surface area contributed by atoms with Crippen LogP contribution in [0.3, 0.4) is 0 Å². The molecular formula is C12H20N2O3. The first-order valence-electron chi connectivity index (χ1n) is 5.61. The topological polar surface area (TPSA) is 91.5 Å². The van der Waals surface area contributed by atoms with E-state index < -0.39 is 11.7 Å². The van der Waals surface area contributed by atoms with Crippen molar-refractivity contribution < 1.29 is 13.9 Å². The fourth-order valence-corrected chi connectivity index (χ4v) is 1.55. The van der Waals surface area contributed by atoms with Crippen molar-refractivity contribution in [3.63, 3.8) is 0 Å². The second kappa shape index (κ2) is 5.23. The molecule has 0 spiro atoms. The van der Waals surface area contributed by atoms with E-state index >= 15 is 0 Å². The Labute approximate surface area is 101 Å². The molecule has 1 atom stereocenters. The molecule has 96 valence electrons. The highest BCUT2D eigenvalue weighted by Crippen LogP contribution is 2.25. The summed E-state index contributed by atoms with van der Waals surface area (Å²) in [5.41, 5.74) is 9.88. The van der Waals surface area contributed by atoms with Crippen LogP contribution in [0.2, 0.25) is 0 Å². The molecule has 1 aromatic heterocycles. The smallest absolute Gasteiger partial charge is 0.405 e. The molecule has 0 fully saturated rings. The second-order valence-corrected chi connectivity index (χ2v) is 4.70. The van der Waals surface area contributed by atoms with Crippen molar-refractivity contribution in [2.75, 3.05) is 0 Å². The quantitative estimate of drug-likeness (QED) is 0.820. The molecule has 1 heterocycles. The molecule has 0 aromatic carbocycles. The third-order valence-electron chi connectivity index (χ3n) is 2.98. The standard InChI is InChI=1S/C12H20N2O3/c1-8(12(2,3)17-11(14)15)6-9-4-5-10(7-13)16-9/h4-5,8H,6-7,13H2,1-3H3,(H2,14,15). The maximum atomic E-state index is 10.8. The summed E-state index contributed by atoms with van der Waals surface area (Å²) in [6, 6.07) is 3.74. The number of primary amides is 1. The predicted octanol–water partition coefficient (Wildman–Crippen LogP) is 1.79. The fraction of sp³-hybridized carbons (Fsp3) is 0.583.